The molecule has 20 heavy (non-hydrogen) atoms. The molecule has 0 unspecified atom stereocenters. The first-order chi connectivity index (χ1) is 9.61. The number of imidazole rings is 1. The van der Waals surface area contributed by atoms with Crippen LogP contribution in [0.3, 0.4) is 0 Å². The fourth-order valence-electron chi connectivity index (χ4n) is 2.43. The van der Waals surface area contributed by atoms with Gasteiger partial charge < -0.3 is 0 Å². The lowest BCUT2D eigenvalue weighted by molar-refractivity contribution is 0.972. The van der Waals surface area contributed by atoms with Crippen LogP contribution >= 0.6 is 23.2 Å². The summed E-state index contributed by atoms with van der Waals surface area (Å²) in [6, 6.07) is 12.1. The summed E-state index contributed by atoms with van der Waals surface area (Å²) in [5.41, 5.74) is 5.26. The average Bonchev–Trinajstić information content (AvgIpc) is 2.79. The molecule has 3 aromatic rings. The minimum atomic E-state index is 0.361. The number of rotatable bonds is 2. The Labute approximate surface area is 128 Å². The molecule has 0 aliphatic heterocycles. The van der Waals surface area contributed by atoms with E-state index < -0.39 is 0 Å². The molecule has 1 heterocycles. The summed E-state index contributed by atoms with van der Waals surface area (Å²) < 4.78 is 2.09. The lowest BCUT2D eigenvalue weighted by atomic mass is 10.1. The van der Waals surface area contributed by atoms with Crippen molar-refractivity contribution < 1.29 is 0 Å². The smallest absolute Gasteiger partial charge is 0.129 e. The van der Waals surface area contributed by atoms with E-state index in [-0.39, 0.29) is 0 Å². The molecule has 3 rings (SSSR count). The van der Waals surface area contributed by atoms with Crippen LogP contribution in [0.15, 0.2) is 36.4 Å². The van der Waals surface area contributed by atoms with Crippen molar-refractivity contribution >= 4 is 34.2 Å². The molecule has 0 saturated carbocycles. The first kappa shape index (κ1) is 13.5. The number of fused-ring (bicyclic) bond motifs is 1. The highest BCUT2D eigenvalue weighted by molar-refractivity contribution is 6.31. The van der Waals surface area contributed by atoms with E-state index in [0.29, 0.717) is 5.88 Å². The fourth-order valence-corrected chi connectivity index (χ4v) is 2.78. The molecule has 0 saturated heterocycles. The van der Waals surface area contributed by atoms with E-state index in [2.05, 4.69) is 28.6 Å². The van der Waals surface area contributed by atoms with E-state index in [1.165, 1.54) is 5.56 Å². The average molecular weight is 305 g/mol. The topological polar surface area (TPSA) is 17.8 Å². The highest BCUT2D eigenvalue weighted by Gasteiger charge is 2.14. The summed E-state index contributed by atoms with van der Waals surface area (Å²) >= 11 is 12.3. The second-order valence-corrected chi connectivity index (χ2v) is 5.55. The molecular formula is C16H14Cl2N2. The van der Waals surface area contributed by atoms with Crippen LogP contribution in [-0.2, 0) is 5.88 Å². The lowest BCUT2D eigenvalue weighted by Crippen LogP contribution is -2.01. The number of aromatic nitrogens is 2. The molecule has 102 valence electrons. The normalized spacial score (nSPS) is 11.2. The molecule has 0 aliphatic rings. The molecule has 1 aromatic heterocycles. The minimum Gasteiger partial charge on any atom is -0.295 e. The van der Waals surface area contributed by atoms with E-state index in [4.69, 9.17) is 23.2 Å². The highest BCUT2D eigenvalue weighted by Crippen LogP contribution is 2.28. The SMILES string of the molecule is Cc1ccc2nc(CCl)n(-c3cccc(Cl)c3C)c2c1. The molecular weight excluding hydrogens is 291 g/mol. The van der Waals surface area contributed by atoms with Gasteiger partial charge >= 0.3 is 0 Å². The third kappa shape index (κ3) is 2.09. The molecule has 2 nitrogen and oxygen atoms in total. The Bertz CT molecular complexity index is 791. The number of nitrogens with zero attached hydrogens (tertiary/aromatic N) is 2. The quantitative estimate of drug-likeness (QED) is 0.607. The maximum absolute atomic E-state index is 6.24. The first-order valence-corrected chi connectivity index (χ1v) is 7.32. The van der Waals surface area contributed by atoms with Gasteiger partial charge in [0.05, 0.1) is 22.6 Å². The van der Waals surface area contributed by atoms with Crippen LogP contribution in [-0.4, -0.2) is 9.55 Å². The van der Waals surface area contributed by atoms with E-state index in [1.54, 1.807) is 0 Å². The zero-order valence-electron chi connectivity index (χ0n) is 11.3. The Kier molecular flexibility index (Phi) is 3.45. The van der Waals surface area contributed by atoms with Crippen LogP contribution in [0.2, 0.25) is 5.02 Å². The fraction of sp³-hybridized carbons (Fsp3) is 0.188. The van der Waals surface area contributed by atoms with Crippen molar-refractivity contribution in [3.05, 3.63) is 58.4 Å². The van der Waals surface area contributed by atoms with Crippen LogP contribution < -0.4 is 0 Å². The molecule has 0 radical (unpaired) electrons. The number of hydrogen-bond donors (Lipinski definition) is 0. The van der Waals surface area contributed by atoms with Gasteiger partial charge in [-0.25, -0.2) is 4.98 Å². The number of alkyl halides is 1. The van der Waals surface area contributed by atoms with Crippen LogP contribution in [0, 0.1) is 13.8 Å². The summed E-state index contributed by atoms with van der Waals surface area (Å²) in [5.74, 6) is 1.19. The van der Waals surface area contributed by atoms with E-state index >= 15 is 0 Å². The standard InChI is InChI=1S/C16H14Cl2N2/c1-10-6-7-13-15(8-10)20(16(9-17)19-13)14-5-3-4-12(18)11(14)2/h3-8H,9H2,1-2H3. The van der Waals surface area contributed by atoms with Crippen LogP contribution in [0.4, 0.5) is 0 Å². The van der Waals surface area contributed by atoms with Gasteiger partial charge in [0.15, 0.2) is 0 Å². The van der Waals surface area contributed by atoms with Crippen molar-refractivity contribution in [1.82, 2.24) is 9.55 Å². The van der Waals surface area contributed by atoms with Crippen LogP contribution in [0.1, 0.15) is 17.0 Å². The van der Waals surface area contributed by atoms with E-state index in [1.807, 2.05) is 31.2 Å². The number of benzene rings is 2. The van der Waals surface area contributed by atoms with Gasteiger partial charge in [0.1, 0.15) is 5.82 Å². The molecule has 0 aliphatic carbocycles. The maximum Gasteiger partial charge on any atom is 0.129 e. The minimum absolute atomic E-state index is 0.361. The third-order valence-electron chi connectivity index (χ3n) is 3.48. The zero-order chi connectivity index (χ0) is 14.3. The van der Waals surface area contributed by atoms with Crippen molar-refractivity contribution in [2.24, 2.45) is 0 Å². The second kappa shape index (κ2) is 5.12. The largest absolute Gasteiger partial charge is 0.295 e. The van der Waals surface area contributed by atoms with Gasteiger partial charge in [0.25, 0.3) is 0 Å². The summed E-state index contributed by atoms with van der Waals surface area (Å²) in [4.78, 5) is 4.61. The molecule has 2 aromatic carbocycles. The summed E-state index contributed by atoms with van der Waals surface area (Å²) in [6.07, 6.45) is 0. The van der Waals surface area contributed by atoms with Gasteiger partial charge in [-0.15, -0.1) is 11.6 Å². The lowest BCUT2D eigenvalue weighted by Gasteiger charge is -2.12. The monoisotopic (exact) mass is 304 g/mol. The van der Waals surface area contributed by atoms with Crippen molar-refractivity contribution in [3.8, 4) is 5.69 Å². The molecule has 0 N–H and O–H groups in total. The Morgan fingerprint density at radius 2 is 1.95 bits per heavy atom. The Morgan fingerprint density at radius 3 is 2.70 bits per heavy atom. The van der Waals surface area contributed by atoms with E-state index in [9.17, 15) is 0 Å². The summed E-state index contributed by atoms with van der Waals surface area (Å²) in [7, 11) is 0. The third-order valence-corrected chi connectivity index (χ3v) is 4.13. The van der Waals surface area contributed by atoms with Crippen molar-refractivity contribution in [2.45, 2.75) is 19.7 Å². The van der Waals surface area contributed by atoms with Gasteiger partial charge in [-0.2, -0.15) is 0 Å². The van der Waals surface area contributed by atoms with Crippen molar-refractivity contribution in [3.63, 3.8) is 0 Å². The highest BCUT2D eigenvalue weighted by atomic mass is 35.5. The second-order valence-electron chi connectivity index (χ2n) is 4.87. The van der Waals surface area contributed by atoms with Gasteiger partial charge in [0, 0.05) is 5.02 Å². The van der Waals surface area contributed by atoms with Crippen LogP contribution in [0.5, 0.6) is 0 Å². The molecule has 0 bridgehead atoms. The van der Waals surface area contributed by atoms with Gasteiger partial charge in [-0.05, 0) is 49.2 Å². The molecule has 0 amide bonds. The Hall–Kier alpha value is -1.51. The number of hydrogen-bond acceptors (Lipinski definition) is 1. The maximum atomic E-state index is 6.24. The molecule has 4 heteroatoms. The van der Waals surface area contributed by atoms with Gasteiger partial charge in [-0.1, -0.05) is 23.7 Å². The summed E-state index contributed by atoms with van der Waals surface area (Å²) in [5, 5.41) is 0.748. The van der Waals surface area contributed by atoms with Crippen LogP contribution in [0.25, 0.3) is 16.7 Å². The summed E-state index contributed by atoms with van der Waals surface area (Å²) in [6.45, 7) is 4.08. The first-order valence-electron chi connectivity index (χ1n) is 6.41. The van der Waals surface area contributed by atoms with Gasteiger partial charge in [-0.3, -0.25) is 4.57 Å². The molecule has 0 fully saturated rings. The predicted octanol–water partition coefficient (Wildman–Crippen LogP) is 5.03. The van der Waals surface area contributed by atoms with E-state index in [0.717, 1.165) is 33.1 Å². The Balaban J connectivity index is 2.39. The van der Waals surface area contributed by atoms with Crippen molar-refractivity contribution in [1.29, 1.82) is 0 Å². The molecule has 0 spiro atoms. The number of halogens is 2. The number of aryl methyl sites for hydroxylation is 1. The van der Waals surface area contributed by atoms with Crippen molar-refractivity contribution in [2.75, 3.05) is 0 Å². The van der Waals surface area contributed by atoms with Gasteiger partial charge in [0.2, 0.25) is 0 Å². The molecule has 0 atom stereocenters. The Morgan fingerprint density at radius 1 is 1.15 bits per heavy atom. The zero-order valence-corrected chi connectivity index (χ0v) is 12.8. The predicted molar refractivity (Wildman–Crippen MR) is 85.1 cm³/mol.